The number of unbranched alkanes of at least 4 members (excludes halogenated alkanes) is 9. The number of allylic oxidation sites excluding steroid dienone is 1. The zero-order chi connectivity index (χ0) is 15.8. The molecular weight excluding hydrogens is 264 g/mol. The molecule has 0 rings (SSSR count). The Hall–Kier alpha value is -1.27. The number of aliphatic hydroxyl groups is 1. The van der Waals surface area contributed by atoms with Crippen LogP contribution in [0.15, 0.2) is 12.2 Å². The van der Waals surface area contributed by atoms with Crippen LogP contribution in [0.4, 0.5) is 0 Å². The summed E-state index contributed by atoms with van der Waals surface area (Å²) >= 11 is 0. The lowest BCUT2D eigenvalue weighted by molar-refractivity contribution is -0.137. The molecule has 3 heteroatoms. The third-order valence-electron chi connectivity index (χ3n) is 3.25. The zero-order valence-corrected chi connectivity index (χ0v) is 13.3. The van der Waals surface area contributed by atoms with Crippen LogP contribution in [-0.2, 0) is 4.79 Å². The Morgan fingerprint density at radius 2 is 1.52 bits per heavy atom. The monoisotopic (exact) mass is 294 g/mol. The summed E-state index contributed by atoms with van der Waals surface area (Å²) in [5.41, 5.74) is 0. The highest BCUT2D eigenvalue weighted by atomic mass is 16.4. The third kappa shape index (κ3) is 18.7. The van der Waals surface area contributed by atoms with Gasteiger partial charge in [0, 0.05) is 12.8 Å². The summed E-state index contributed by atoms with van der Waals surface area (Å²) in [4.78, 5) is 10.3. The number of hydrogen-bond acceptors (Lipinski definition) is 2. The molecule has 0 aliphatic rings. The summed E-state index contributed by atoms with van der Waals surface area (Å²) in [6, 6.07) is 0. The molecule has 0 aromatic carbocycles. The van der Waals surface area contributed by atoms with Crippen LogP contribution in [-0.4, -0.2) is 22.3 Å². The molecule has 0 spiro atoms. The summed E-state index contributed by atoms with van der Waals surface area (Å²) in [6.07, 6.45) is 14.7. The van der Waals surface area contributed by atoms with E-state index in [1.807, 2.05) is 0 Å². The van der Waals surface area contributed by atoms with E-state index >= 15 is 0 Å². The van der Waals surface area contributed by atoms with Gasteiger partial charge in [-0.3, -0.25) is 4.79 Å². The highest BCUT2D eigenvalue weighted by molar-refractivity contribution is 5.66. The molecule has 0 saturated heterocycles. The molecule has 0 amide bonds. The Bertz CT molecular complexity index is 334. The van der Waals surface area contributed by atoms with Crippen LogP contribution in [0.1, 0.15) is 77.6 Å². The van der Waals surface area contributed by atoms with Crippen molar-refractivity contribution in [3.63, 3.8) is 0 Å². The lowest BCUT2D eigenvalue weighted by atomic mass is 10.1. The van der Waals surface area contributed by atoms with Crippen molar-refractivity contribution in [1.29, 1.82) is 0 Å². The summed E-state index contributed by atoms with van der Waals surface area (Å²) in [6.45, 7) is 1.71. The maximum Gasteiger partial charge on any atom is 0.303 e. The van der Waals surface area contributed by atoms with Crippen LogP contribution in [0.3, 0.4) is 0 Å². The zero-order valence-electron chi connectivity index (χ0n) is 13.3. The van der Waals surface area contributed by atoms with Gasteiger partial charge in [0.15, 0.2) is 0 Å². The van der Waals surface area contributed by atoms with E-state index in [-0.39, 0.29) is 0 Å². The van der Waals surface area contributed by atoms with Crippen LogP contribution < -0.4 is 0 Å². The van der Waals surface area contributed by atoms with Gasteiger partial charge in [-0.2, -0.15) is 0 Å². The fourth-order valence-corrected chi connectivity index (χ4v) is 2.05. The number of carboxylic acid groups (broad SMARTS) is 1. The quantitative estimate of drug-likeness (QED) is 0.417. The van der Waals surface area contributed by atoms with Crippen LogP contribution >= 0.6 is 0 Å². The van der Waals surface area contributed by atoms with Gasteiger partial charge in [0.1, 0.15) is 0 Å². The molecule has 1 atom stereocenters. The predicted octanol–water partition coefficient (Wildman–Crippen LogP) is 4.30. The summed E-state index contributed by atoms with van der Waals surface area (Å²) < 4.78 is 0. The first-order valence-corrected chi connectivity index (χ1v) is 8.18. The Labute approximate surface area is 129 Å². The highest BCUT2D eigenvalue weighted by Gasteiger charge is 1.96. The predicted molar refractivity (Wildman–Crippen MR) is 87.0 cm³/mol. The highest BCUT2D eigenvalue weighted by Crippen LogP contribution is 2.11. The van der Waals surface area contributed by atoms with Gasteiger partial charge in [0.25, 0.3) is 0 Å². The van der Waals surface area contributed by atoms with Gasteiger partial charge < -0.3 is 10.2 Å². The lowest BCUT2D eigenvalue weighted by Crippen LogP contribution is -1.93. The third-order valence-corrected chi connectivity index (χ3v) is 3.25. The van der Waals surface area contributed by atoms with Crippen molar-refractivity contribution in [3.05, 3.63) is 12.2 Å². The molecule has 0 aliphatic heterocycles. The number of carbonyl (C=O) groups is 1. The summed E-state index contributed by atoms with van der Waals surface area (Å²) in [7, 11) is 0. The van der Waals surface area contributed by atoms with Gasteiger partial charge in [-0.15, -0.1) is 0 Å². The molecule has 0 heterocycles. The largest absolute Gasteiger partial charge is 0.481 e. The van der Waals surface area contributed by atoms with Crippen molar-refractivity contribution in [2.24, 2.45) is 0 Å². The van der Waals surface area contributed by atoms with Crippen molar-refractivity contribution in [3.8, 4) is 11.8 Å². The molecule has 0 fully saturated rings. The van der Waals surface area contributed by atoms with Gasteiger partial charge >= 0.3 is 5.97 Å². The first kappa shape index (κ1) is 19.7. The smallest absolute Gasteiger partial charge is 0.303 e. The topological polar surface area (TPSA) is 57.5 Å². The molecule has 0 radical (unpaired) electrons. The first-order valence-electron chi connectivity index (χ1n) is 8.18. The Balaban J connectivity index is 3.17. The fraction of sp³-hybridized carbons (Fsp3) is 0.722. The minimum atomic E-state index is -0.681. The van der Waals surface area contributed by atoms with Gasteiger partial charge in [0.2, 0.25) is 0 Å². The number of rotatable bonds is 12. The average molecular weight is 294 g/mol. The second-order valence-electron chi connectivity index (χ2n) is 5.50. The van der Waals surface area contributed by atoms with Crippen LogP contribution in [0.2, 0.25) is 0 Å². The number of aliphatic hydroxyl groups excluding tert-OH is 1. The maximum absolute atomic E-state index is 10.3. The fourth-order valence-electron chi connectivity index (χ4n) is 2.05. The molecule has 21 heavy (non-hydrogen) atoms. The van der Waals surface area contributed by atoms with E-state index in [1.54, 1.807) is 19.1 Å². The van der Waals surface area contributed by atoms with E-state index < -0.39 is 12.1 Å². The van der Waals surface area contributed by atoms with Crippen molar-refractivity contribution >= 4 is 5.97 Å². The molecule has 1 unspecified atom stereocenters. The second-order valence-corrected chi connectivity index (χ2v) is 5.50. The minimum Gasteiger partial charge on any atom is -0.481 e. The van der Waals surface area contributed by atoms with E-state index in [2.05, 4.69) is 11.8 Å². The average Bonchev–Trinajstić information content (AvgIpc) is 2.42. The van der Waals surface area contributed by atoms with E-state index in [0.29, 0.717) is 6.42 Å². The Morgan fingerprint density at radius 1 is 1.00 bits per heavy atom. The molecular formula is C18H30O3. The second kappa shape index (κ2) is 15.1. The van der Waals surface area contributed by atoms with Gasteiger partial charge in [-0.05, 0) is 31.9 Å². The normalized spacial score (nSPS) is 12.1. The first-order chi connectivity index (χ1) is 10.1. The van der Waals surface area contributed by atoms with Crippen LogP contribution in [0.5, 0.6) is 0 Å². The van der Waals surface area contributed by atoms with Crippen molar-refractivity contribution in [2.45, 2.75) is 83.7 Å². The summed E-state index contributed by atoms with van der Waals surface area (Å²) in [5.74, 6) is 5.32. The van der Waals surface area contributed by atoms with Gasteiger partial charge in [-0.25, -0.2) is 0 Å². The molecule has 0 bridgehead atoms. The molecule has 0 saturated carbocycles. The Morgan fingerprint density at radius 3 is 2.05 bits per heavy atom. The molecule has 3 nitrogen and oxygen atoms in total. The molecule has 2 N–H and O–H groups in total. The number of carboxylic acids is 1. The molecule has 0 aromatic rings. The van der Waals surface area contributed by atoms with Gasteiger partial charge in [-0.1, -0.05) is 56.8 Å². The molecule has 0 aliphatic carbocycles. The van der Waals surface area contributed by atoms with E-state index in [9.17, 15) is 4.79 Å². The Kier molecular flexibility index (Phi) is 14.2. The standard InChI is InChI=1S/C18H30O3/c1-17(19)15-13-11-9-7-5-3-2-4-6-8-10-12-14-16-18(20)21/h13,15,17,19H,2-8,10,12,14,16H2,1H3,(H,20,21)/b15-13+. The SMILES string of the molecule is CC(O)/C=C/C#CCCCCCCCCCCCC(=O)O. The van der Waals surface area contributed by atoms with Crippen LogP contribution in [0, 0.1) is 11.8 Å². The van der Waals surface area contributed by atoms with Gasteiger partial charge in [0.05, 0.1) is 6.10 Å². The number of aliphatic carboxylic acids is 1. The summed E-state index contributed by atoms with van der Waals surface area (Å²) in [5, 5.41) is 17.5. The van der Waals surface area contributed by atoms with Crippen molar-refractivity contribution < 1.29 is 15.0 Å². The van der Waals surface area contributed by atoms with Crippen molar-refractivity contribution in [2.75, 3.05) is 0 Å². The number of hydrogen-bond donors (Lipinski definition) is 2. The van der Waals surface area contributed by atoms with E-state index in [1.165, 1.54) is 32.1 Å². The maximum atomic E-state index is 10.3. The van der Waals surface area contributed by atoms with E-state index in [0.717, 1.165) is 32.1 Å². The lowest BCUT2D eigenvalue weighted by Gasteiger charge is -2.01. The van der Waals surface area contributed by atoms with Crippen LogP contribution in [0.25, 0.3) is 0 Å². The van der Waals surface area contributed by atoms with E-state index in [4.69, 9.17) is 10.2 Å². The molecule has 0 aromatic heterocycles. The van der Waals surface area contributed by atoms with Crippen molar-refractivity contribution in [1.82, 2.24) is 0 Å². The minimum absolute atomic E-state index is 0.313. The molecule has 120 valence electrons.